The Balaban J connectivity index is 2.76. The number of allylic oxidation sites excluding steroid dienone is 1. The number of hydrogen-bond acceptors (Lipinski definition) is 0. The lowest BCUT2D eigenvalue weighted by Gasteiger charge is -2.07. The monoisotopic (exact) mass is 196 g/mol. The van der Waals surface area contributed by atoms with Crippen LogP contribution in [0, 0.1) is 0 Å². The second kappa shape index (κ2) is 3.90. The van der Waals surface area contributed by atoms with Crippen molar-refractivity contribution in [2.45, 2.75) is 20.3 Å². The molecule has 0 heteroatoms. The van der Waals surface area contributed by atoms with E-state index in [1.807, 2.05) is 0 Å². The van der Waals surface area contributed by atoms with Crippen LogP contribution in [0.1, 0.15) is 25.0 Å². The zero-order valence-corrected chi connectivity index (χ0v) is 9.38. The van der Waals surface area contributed by atoms with Crippen LogP contribution in [0.5, 0.6) is 0 Å². The molecule has 0 aliphatic heterocycles. The molecule has 0 aliphatic carbocycles. The smallest absolute Gasteiger partial charge is 0.0106 e. The molecule has 2 aromatic carbocycles. The van der Waals surface area contributed by atoms with Crippen molar-refractivity contribution in [3.05, 3.63) is 54.1 Å². The van der Waals surface area contributed by atoms with E-state index >= 15 is 0 Å². The Bertz CT molecular complexity index is 506. The third kappa shape index (κ3) is 1.80. The Hall–Kier alpha value is -1.56. The summed E-state index contributed by atoms with van der Waals surface area (Å²) in [4.78, 5) is 0. The van der Waals surface area contributed by atoms with Crippen molar-refractivity contribution in [3.63, 3.8) is 0 Å². The summed E-state index contributed by atoms with van der Waals surface area (Å²) in [5.41, 5.74) is 3.79. The fraction of sp³-hybridized carbons (Fsp3) is 0.200. The van der Waals surface area contributed by atoms with Crippen LogP contribution in [0.4, 0.5) is 0 Å². The SMILES string of the molecule is C=C(C)c1cccc2ccc(CC)cc12. The number of aryl methyl sites for hydroxylation is 1. The highest BCUT2D eigenvalue weighted by atomic mass is 14.1. The van der Waals surface area contributed by atoms with Crippen LogP contribution in [-0.4, -0.2) is 0 Å². The summed E-state index contributed by atoms with van der Waals surface area (Å²) in [7, 11) is 0. The maximum atomic E-state index is 4.03. The molecule has 0 heterocycles. The summed E-state index contributed by atoms with van der Waals surface area (Å²) in [6.45, 7) is 8.28. The van der Waals surface area contributed by atoms with E-state index < -0.39 is 0 Å². The van der Waals surface area contributed by atoms with Crippen molar-refractivity contribution in [2.75, 3.05) is 0 Å². The van der Waals surface area contributed by atoms with Gasteiger partial charge in [-0.2, -0.15) is 0 Å². The Morgan fingerprint density at radius 1 is 1.20 bits per heavy atom. The van der Waals surface area contributed by atoms with Gasteiger partial charge in [0.1, 0.15) is 0 Å². The van der Waals surface area contributed by atoms with Gasteiger partial charge in [-0.3, -0.25) is 0 Å². The quantitative estimate of drug-likeness (QED) is 0.666. The van der Waals surface area contributed by atoms with E-state index in [1.165, 1.54) is 21.9 Å². The molecule has 0 saturated carbocycles. The molecule has 0 amide bonds. The summed E-state index contributed by atoms with van der Waals surface area (Å²) in [5, 5.41) is 2.62. The second-order valence-electron chi connectivity index (χ2n) is 3.99. The normalized spacial score (nSPS) is 10.5. The molecule has 0 atom stereocenters. The van der Waals surface area contributed by atoms with Crippen molar-refractivity contribution in [2.24, 2.45) is 0 Å². The molecule has 0 spiro atoms. The summed E-state index contributed by atoms with van der Waals surface area (Å²) in [6.07, 6.45) is 1.08. The summed E-state index contributed by atoms with van der Waals surface area (Å²) in [5.74, 6) is 0. The molecule has 0 aliphatic rings. The minimum Gasteiger partial charge on any atom is -0.0955 e. The zero-order valence-electron chi connectivity index (χ0n) is 9.38. The standard InChI is InChI=1S/C15H16/c1-4-12-8-9-13-6-5-7-14(11(2)3)15(13)10-12/h5-10H,2,4H2,1,3H3. The van der Waals surface area contributed by atoms with Crippen molar-refractivity contribution in [3.8, 4) is 0 Å². The first-order chi connectivity index (χ1) is 7.22. The van der Waals surface area contributed by atoms with Gasteiger partial charge >= 0.3 is 0 Å². The molecule has 2 aromatic rings. The van der Waals surface area contributed by atoms with Crippen LogP contribution >= 0.6 is 0 Å². The highest BCUT2D eigenvalue weighted by Gasteiger charge is 2.01. The molecular formula is C15H16. The Kier molecular flexibility index (Phi) is 2.59. The van der Waals surface area contributed by atoms with Gasteiger partial charge in [0.15, 0.2) is 0 Å². The minimum absolute atomic E-state index is 1.08. The Labute approximate surface area is 91.2 Å². The molecule has 0 nitrogen and oxygen atoms in total. The van der Waals surface area contributed by atoms with Crippen LogP contribution < -0.4 is 0 Å². The van der Waals surface area contributed by atoms with Gasteiger partial charge in [-0.15, -0.1) is 0 Å². The van der Waals surface area contributed by atoms with Crippen LogP contribution in [0.15, 0.2) is 43.0 Å². The molecule has 2 rings (SSSR count). The van der Waals surface area contributed by atoms with Gasteiger partial charge in [0, 0.05) is 0 Å². The van der Waals surface area contributed by atoms with Gasteiger partial charge in [-0.25, -0.2) is 0 Å². The van der Waals surface area contributed by atoms with E-state index in [2.05, 4.69) is 56.8 Å². The lowest BCUT2D eigenvalue weighted by atomic mass is 9.98. The van der Waals surface area contributed by atoms with E-state index in [0.29, 0.717) is 0 Å². The third-order valence-electron chi connectivity index (χ3n) is 2.81. The molecule has 0 fully saturated rings. The minimum atomic E-state index is 1.08. The van der Waals surface area contributed by atoms with E-state index in [1.54, 1.807) is 0 Å². The van der Waals surface area contributed by atoms with Crippen molar-refractivity contribution in [1.29, 1.82) is 0 Å². The highest BCUT2D eigenvalue weighted by molar-refractivity contribution is 5.93. The fourth-order valence-corrected chi connectivity index (χ4v) is 1.91. The van der Waals surface area contributed by atoms with Crippen LogP contribution in [0.3, 0.4) is 0 Å². The van der Waals surface area contributed by atoms with Crippen molar-refractivity contribution < 1.29 is 0 Å². The molecule has 0 unspecified atom stereocenters. The molecule has 76 valence electrons. The van der Waals surface area contributed by atoms with Crippen molar-refractivity contribution in [1.82, 2.24) is 0 Å². The van der Waals surface area contributed by atoms with Gasteiger partial charge in [0.25, 0.3) is 0 Å². The van der Waals surface area contributed by atoms with Crippen LogP contribution in [0.2, 0.25) is 0 Å². The molecule has 15 heavy (non-hydrogen) atoms. The van der Waals surface area contributed by atoms with Gasteiger partial charge in [-0.1, -0.05) is 55.5 Å². The van der Waals surface area contributed by atoms with E-state index in [-0.39, 0.29) is 0 Å². The number of hydrogen-bond donors (Lipinski definition) is 0. The first kappa shape index (κ1) is 9.97. The summed E-state index contributed by atoms with van der Waals surface area (Å²) >= 11 is 0. The Morgan fingerprint density at radius 3 is 2.67 bits per heavy atom. The van der Waals surface area contributed by atoms with Gasteiger partial charge in [-0.05, 0) is 35.2 Å². The predicted molar refractivity (Wildman–Crippen MR) is 68.0 cm³/mol. The lowest BCUT2D eigenvalue weighted by Crippen LogP contribution is -1.85. The molecule has 0 saturated heterocycles. The van der Waals surface area contributed by atoms with E-state index in [0.717, 1.165) is 12.0 Å². The maximum Gasteiger partial charge on any atom is -0.0106 e. The van der Waals surface area contributed by atoms with E-state index in [4.69, 9.17) is 0 Å². The summed E-state index contributed by atoms with van der Waals surface area (Å²) in [6, 6.07) is 13.1. The molecule has 0 N–H and O–H groups in total. The molecule has 0 bridgehead atoms. The summed E-state index contributed by atoms with van der Waals surface area (Å²) < 4.78 is 0. The molecular weight excluding hydrogens is 180 g/mol. The van der Waals surface area contributed by atoms with Gasteiger partial charge in [0.2, 0.25) is 0 Å². The first-order valence-electron chi connectivity index (χ1n) is 5.40. The number of fused-ring (bicyclic) bond motifs is 1. The number of rotatable bonds is 2. The van der Waals surface area contributed by atoms with Gasteiger partial charge < -0.3 is 0 Å². The second-order valence-corrected chi connectivity index (χ2v) is 3.99. The predicted octanol–water partition coefficient (Wildman–Crippen LogP) is 4.44. The average Bonchev–Trinajstić information content (AvgIpc) is 2.27. The van der Waals surface area contributed by atoms with E-state index in [9.17, 15) is 0 Å². The third-order valence-corrected chi connectivity index (χ3v) is 2.81. The fourth-order valence-electron chi connectivity index (χ4n) is 1.91. The zero-order chi connectivity index (χ0) is 10.8. The van der Waals surface area contributed by atoms with Crippen molar-refractivity contribution >= 4 is 16.3 Å². The molecule has 0 radical (unpaired) electrons. The highest BCUT2D eigenvalue weighted by Crippen LogP contribution is 2.25. The maximum absolute atomic E-state index is 4.03. The Morgan fingerprint density at radius 2 is 2.00 bits per heavy atom. The first-order valence-corrected chi connectivity index (χ1v) is 5.40. The van der Waals surface area contributed by atoms with Crippen LogP contribution in [-0.2, 0) is 6.42 Å². The molecule has 0 aromatic heterocycles. The number of benzene rings is 2. The van der Waals surface area contributed by atoms with Gasteiger partial charge in [0.05, 0.1) is 0 Å². The van der Waals surface area contributed by atoms with Crippen LogP contribution in [0.25, 0.3) is 16.3 Å². The average molecular weight is 196 g/mol. The topological polar surface area (TPSA) is 0 Å². The lowest BCUT2D eigenvalue weighted by molar-refractivity contribution is 1.15. The largest absolute Gasteiger partial charge is 0.0955 e.